The summed E-state index contributed by atoms with van der Waals surface area (Å²) in [5.41, 5.74) is 10.2. The second-order valence-corrected chi connectivity index (χ2v) is 11.9. The minimum atomic E-state index is -0.380. The number of thioether (sulfide) groups is 2. The first kappa shape index (κ1) is 26.6. The molecule has 6 rings (SSSR count). The van der Waals surface area contributed by atoms with Crippen molar-refractivity contribution in [3.8, 4) is 22.3 Å². The molecule has 0 saturated carbocycles. The monoisotopic (exact) mass is 556 g/mol. The first-order valence-electron chi connectivity index (χ1n) is 13.0. The lowest BCUT2D eigenvalue weighted by atomic mass is 9.70. The number of benzene rings is 4. The number of rotatable bonds is 10. The van der Waals surface area contributed by atoms with E-state index in [0.29, 0.717) is 0 Å². The van der Waals surface area contributed by atoms with E-state index in [-0.39, 0.29) is 18.0 Å². The maximum atomic E-state index is 5.46. The minimum absolute atomic E-state index is 0.245. The van der Waals surface area contributed by atoms with Gasteiger partial charge in [0.05, 0.1) is 5.41 Å². The van der Waals surface area contributed by atoms with Crippen LogP contribution in [0.15, 0.2) is 94.7 Å². The SMILES string of the molecule is COC(CSc1ccc2c(c1)C1(c3ccccc3-2)c2ccccc2-c2ccc(SCC(OC)OC)cc21)OC. The Morgan fingerprint density at radius 1 is 0.513 bits per heavy atom. The molecule has 0 fully saturated rings. The fourth-order valence-electron chi connectivity index (χ4n) is 6.07. The Morgan fingerprint density at radius 3 is 1.31 bits per heavy atom. The lowest BCUT2D eigenvalue weighted by Crippen LogP contribution is -2.26. The number of hydrogen-bond donors (Lipinski definition) is 0. The lowest BCUT2D eigenvalue weighted by molar-refractivity contribution is -0.0844. The Bertz CT molecular complexity index is 1380. The summed E-state index contributed by atoms with van der Waals surface area (Å²) in [7, 11) is 6.75. The van der Waals surface area contributed by atoms with E-state index in [1.165, 1.54) is 54.3 Å². The molecule has 4 aromatic carbocycles. The van der Waals surface area contributed by atoms with E-state index in [1.54, 1.807) is 52.0 Å². The van der Waals surface area contributed by atoms with Crippen molar-refractivity contribution < 1.29 is 18.9 Å². The normalized spacial score (nSPS) is 14.1. The van der Waals surface area contributed by atoms with E-state index >= 15 is 0 Å². The van der Waals surface area contributed by atoms with Crippen LogP contribution in [-0.2, 0) is 24.4 Å². The van der Waals surface area contributed by atoms with Gasteiger partial charge in [0.2, 0.25) is 0 Å². The molecule has 0 amide bonds. The number of fused-ring (bicyclic) bond motifs is 10. The molecule has 2 aliphatic rings. The summed E-state index contributed by atoms with van der Waals surface area (Å²) >= 11 is 3.53. The fraction of sp³-hybridized carbons (Fsp3) is 0.273. The molecule has 0 bridgehead atoms. The highest BCUT2D eigenvalue weighted by molar-refractivity contribution is 7.99. The molecular formula is C33H32O4S2. The molecule has 200 valence electrons. The predicted molar refractivity (Wildman–Crippen MR) is 160 cm³/mol. The van der Waals surface area contributed by atoms with Gasteiger partial charge in [-0.25, -0.2) is 0 Å². The van der Waals surface area contributed by atoms with Gasteiger partial charge < -0.3 is 18.9 Å². The van der Waals surface area contributed by atoms with Crippen LogP contribution in [0.2, 0.25) is 0 Å². The summed E-state index contributed by atoms with van der Waals surface area (Å²) in [4.78, 5) is 2.42. The van der Waals surface area contributed by atoms with Crippen molar-refractivity contribution in [1.82, 2.24) is 0 Å². The van der Waals surface area contributed by atoms with Crippen molar-refractivity contribution in [3.63, 3.8) is 0 Å². The van der Waals surface area contributed by atoms with E-state index in [4.69, 9.17) is 18.9 Å². The standard InChI is InChI=1S/C33H32O4S2/c1-34-31(35-2)19-38-21-13-15-25-23-9-5-7-11-27(23)33(29(25)17-21)28-12-8-6-10-24(28)26-16-14-22(18-30(26)33)39-20-32(36-3)37-4/h5-18,31-32H,19-20H2,1-4H3. The van der Waals surface area contributed by atoms with E-state index in [1.807, 2.05) is 0 Å². The maximum Gasteiger partial charge on any atom is 0.166 e. The van der Waals surface area contributed by atoms with Crippen LogP contribution in [0.3, 0.4) is 0 Å². The van der Waals surface area contributed by atoms with Gasteiger partial charge in [-0.1, -0.05) is 60.7 Å². The summed E-state index contributed by atoms with van der Waals surface area (Å²) in [6, 6.07) is 31.6. The van der Waals surface area contributed by atoms with Gasteiger partial charge in [-0.3, -0.25) is 0 Å². The van der Waals surface area contributed by atoms with Crippen LogP contribution >= 0.6 is 23.5 Å². The molecular weight excluding hydrogens is 524 g/mol. The molecule has 39 heavy (non-hydrogen) atoms. The molecule has 0 unspecified atom stereocenters. The predicted octanol–water partition coefficient (Wildman–Crippen LogP) is 7.45. The van der Waals surface area contributed by atoms with Gasteiger partial charge >= 0.3 is 0 Å². The van der Waals surface area contributed by atoms with Gasteiger partial charge in [0, 0.05) is 49.7 Å². The second kappa shape index (κ2) is 11.1. The highest BCUT2D eigenvalue weighted by Crippen LogP contribution is 2.63. The first-order valence-corrected chi connectivity index (χ1v) is 15.0. The van der Waals surface area contributed by atoms with Gasteiger partial charge in [0.25, 0.3) is 0 Å². The van der Waals surface area contributed by atoms with Gasteiger partial charge in [-0.15, -0.1) is 23.5 Å². The summed E-state index contributed by atoms with van der Waals surface area (Å²) in [5.74, 6) is 1.44. The first-order chi connectivity index (χ1) is 19.1. The van der Waals surface area contributed by atoms with Gasteiger partial charge in [0.15, 0.2) is 12.6 Å². The molecule has 0 aliphatic heterocycles. The highest BCUT2D eigenvalue weighted by atomic mass is 32.2. The summed E-state index contributed by atoms with van der Waals surface area (Å²) in [6.07, 6.45) is -0.491. The average molecular weight is 557 g/mol. The zero-order valence-corrected chi connectivity index (χ0v) is 24.2. The molecule has 0 atom stereocenters. The molecule has 0 aromatic heterocycles. The number of ether oxygens (including phenoxy) is 4. The van der Waals surface area contributed by atoms with E-state index in [0.717, 1.165) is 11.5 Å². The number of methoxy groups -OCH3 is 4. The molecule has 0 N–H and O–H groups in total. The third-order valence-electron chi connectivity index (χ3n) is 7.86. The molecule has 0 heterocycles. The van der Waals surface area contributed by atoms with E-state index < -0.39 is 0 Å². The Kier molecular flexibility index (Phi) is 7.60. The van der Waals surface area contributed by atoms with Crippen LogP contribution < -0.4 is 0 Å². The topological polar surface area (TPSA) is 36.9 Å². The molecule has 0 radical (unpaired) electrons. The van der Waals surface area contributed by atoms with Crippen LogP contribution in [-0.4, -0.2) is 52.5 Å². The lowest BCUT2D eigenvalue weighted by Gasteiger charge is -2.31. The highest BCUT2D eigenvalue weighted by Gasteiger charge is 2.51. The van der Waals surface area contributed by atoms with Crippen molar-refractivity contribution in [2.24, 2.45) is 0 Å². The molecule has 4 aromatic rings. The molecule has 6 heteroatoms. The largest absolute Gasteiger partial charge is 0.355 e. The quantitative estimate of drug-likeness (QED) is 0.129. The minimum Gasteiger partial charge on any atom is -0.355 e. The third kappa shape index (κ3) is 4.34. The smallest absolute Gasteiger partial charge is 0.166 e. The van der Waals surface area contributed by atoms with Crippen LogP contribution in [0, 0.1) is 0 Å². The van der Waals surface area contributed by atoms with Crippen molar-refractivity contribution in [2.45, 2.75) is 27.8 Å². The zero-order chi connectivity index (χ0) is 27.0. The third-order valence-corrected chi connectivity index (χ3v) is 9.91. The van der Waals surface area contributed by atoms with Crippen molar-refractivity contribution in [3.05, 3.63) is 107 Å². The Morgan fingerprint density at radius 2 is 0.897 bits per heavy atom. The van der Waals surface area contributed by atoms with Gasteiger partial charge in [-0.2, -0.15) is 0 Å². The summed E-state index contributed by atoms with van der Waals surface area (Å²) in [6.45, 7) is 0. The van der Waals surface area contributed by atoms with Crippen LogP contribution in [0.25, 0.3) is 22.3 Å². The Hall–Kier alpha value is -2.58. The van der Waals surface area contributed by atoms with Crippen LogP contribution in [0.4, 0.5) is 0 Å². The number of hydrogen-bond acceptors (Lipinski definition) is 6. The Labute approximate surface area is 239 Å². The van der Waals surface area contributed by atoms with Gasteiger partial charge in [-0.05, 0) is 68.8 Å². The second-order valence-electron chi connectivity index (χ2n) is 9.68. The van der Waals surface area contributed by atoms with Gasteiger partial charge in [0.1, 0.15) is 0 Å². The Balaban J connectivity index is 1.54. The van der Waals surface area contributed by atoms with Crippen molar-refractivity contribution in [1.29, 1.82) is 0 Å². The summed E-state index contributed by atoms with van der Waals surface area (Å²) < 4.78 is 21.8. The fourth-order valence-corrected chi connectivity index (χ4v) is 8.00. The molecule has 2 aliphatic carbocycles. The maximum absolute atomic E-state index is 5.46. The van der Waals surface area contributed by atoms with Crippen LogP contribution in [0.5, 0.6) is 0 Å². The molecule has 0 saturated heterocycles. The van der Waals surface area contributed by atoms with Crippen LogP contribution in [0.1, 0.15) is 22.3 Å². The van der Waals surface area contributed by atoms with E-state index in [9.17, 15) is 0 Å². The zero-order valence-electron chi connectivity index (χ0n) is 22.6. The average Bonchev–Trinajstić information content (AvgIpc) is 3.45. The summed E-state index contributed by atoms with van der Waals surface area (Å²) in [5, 5.41) is 0. The molecule has 1 spiro atoms. The van der Waals surface area contributed by atoms with Crippen molar-refractivity contribution in [2.75, 3.05) is 39.9 Å². The molecule has 4 nitrogen and oxygen atoms in total. The van der Waals surface area contributed by atoms with Crippen molar-refractivity contribution >= 4 is 23.5 Å². The van der Waals surface area contributed by atoms with E-state index in [2.05, 4.69) is 84.9 Å².